The Morgan fingerprint density at radius 3 is 2.70 bits per heavy atom. The molecule has 10 heteroatoms. The molecule has 1 aliphatic heterocycles. The number of hydrogen-bond acceptors (Lipinski definition) is 7. The number of allylic oxidation sites excluding steroid dienone is 1. The maximum Gasteiger partial charge on any atom is 0.338 e. The number of aromatic nitrogens is 1. The first-order valence-corrected chi connectivity index (χ1v) is 15.2. The number of furan rings is 1. The van der Waals surface area contributed by atoms with Crippen LogP contribution < -0.4 is 19.6 Å². The molecule has 2 aromatic carbocycles. The Morgan fingerprint density at radius 1 is 1.15 bits per heavy atom. The number of para-hydroxylation sites is 1. The van der Waals surface area contributed by atoms with Gasteiger partial charge >= 0.3 is 5.97 Å². The van der Waals surface area contributed by atoms with E-state index >= 15 is 0 Å². The summed E-state index contributed by atoms with van der Waals surface area (Å²) in [6.07, 6.45) is 3.05. The van der Waals surface area contributed by atoms with Gasteiger partial charge in [-0.05, 0) is 49.7 Å². The molecule has 0 amide bonds. The van der Waals surface area contributed by atoms with Crippen LogP contribution in [0, 0.1) is 0 Å². The van der Waals surface area contributed by atoms with E-state index in [0.29, 0.717) is 49.9 Å². The van der Waals surface area contributed by atoms with Crippen LogP contribution in [0.4, 0.5) is 0 Å². The number of thiazole rings is 1. The summed E-state index contributed by atoms with van der Waals surface area (Å²) in [5.41, 5.74) is 2.26. The predicted molar refractivity (Wildman–Crippen MR) is 162 cm³/mol. The summed E-state index contributed by atoms with van der Waals surface area (Å²) in [6, 6.07) is 16.2. The van der Waals surface area contributed by atoms with Gasteiger partial charge in [-0.25, -0.2) is 9.79 Å². The Morgan fingerprint density at radius 2 is 1.95 bits per heavy atom. The van der Waals surface area contributed by atoms with E-state index in [1.165, 1.54) is 11.3 Å². The van der Waals surface area contributed by atoms with E-state index in [-0.39, 0.29) is 12.2 Å². The lowest BCUT2D eigenvalue weighted by Gasteiger charge is -2.26. The van der Waals surface area contributed by atoms with Crippen LogP contribution in [0.3, 0.4) is 0 Å². The fourth-order valence-electron chi connectivity index (χ4n) is 4.70. The average Bonchev–Trinajstić information content (AvgIpc) is 3.53. The Labute approximate surface area is 251 Å². The molecule has 0 unspecified atom stereocenters. The van der Waals surface area contributed by atoms with E-state index in [1.54, 1.807) is 24.7 Å². The highest BCUT2D eigenvalue weighted by atomic mass is 79.9. The summed E-state index contributed by atoms with van der Waals surface area (Å²) in [5, 5.41) is 0. The van der Waals surface area contributed by atoms with Crippen molar-refractivity contribution in [3.63, 3.8) is 0 Å². The van der Waals surface area contributed by atoms with Gasteiger partial charge in [-0.2, -0.15) is 0 Å². The van der Waals surface area contributed by atoms with Gasteiger partial charge in [0.05, 0.1) is 29.5 Å². The van der Waals surface area contributed by atoms with E-state index in [4.69, 9.17) is 18.9 Å². The standard InChI is InChI=1S/C30H26Br2N2O5S/c1-4-8-22-26(29(36)38-5-2)27(19-9-6-7-10-23(19)37-3)34-28(35)25(40-30(34)33-22)16-18-12-14-24(39-18)20-15-17(31)11-13-21(20)32/h6-7,9-16,27H,4-5,8H2,1-3H3/b25-16+/t27-/m1/s1. The number of halogens is 2. The molecule has 0 N–H and O–H groups in total. The summed E-state index contributed by atoms with van der Waals surface area (Å²) in [6.45, 7) is 3.99. The largest absolute Gasteiger partial charge is 0.496 e. The summed E-state index contributed by atoms with van der Waals surface area (Å²) in [4.78, 5) is 32.6. The van der Waals surface area contributed by atoms with Gasteiger partial charge in [0, 0.05) is 26.1 Å². The van der Waals surface area contributed by atoms with E-state index in [1.807, 2.05) is 61.5 Å². The number of esters is 1. The number of hydrogen-bond donors (Lipinski definition) is 0. The number of ether oxygens (including phenoxy) is 2. The zero-order valence-corrected chi connectivity index (χ0v) is 26.1. The van der Waals surface area contributed by atoms with E-state index < -0.39 is 12.0 Å². The highest BCUT2D eigenvalue weighted by Crippen LogP contribution is 2.37. The fourth-order valence-corrected chi connectivity index (χ4v) is 6.50. The number of carbonyl (C=O) groups excluding carboxylic acids is 1. The maximum atomic E-state index is 14.0. The second kappa shape index (κ2) is 12.1. The number of benzene rings is 2. The van der Waals surface area contributed by atoms with Crippen molar-refractivity contribution in [1.29, 1.82) is 0 Å². The van der Waals surface area contributed by atoms with Gasteiger partial charge in [0.15, 0.2) is 4.80 Å². The molecule has 40 heavy (non-hydrogen) atoms. The van der Waals surface area contributed by atoms with Crippen LogP contribution >= 0.6 is 43.2 Å². The third-order valence-electron chi connectivity index (χ3n) is 6.42. The number of rotatable bonds is 8. The number of methoxy groups -OCH3 is 1. The minimum absolute atomic E-state index is 0.208. The molecule has 0 fully saturated rings. The molecule has 0 saturated carbocycles. The summed E-state index contributed by atoms with van der Waals surface area (Å²) in [5.74, 6) is 1.26. The molecule has 7 nitrogen and oxygen atoms in total. The molecular formula is C30H26Br2N2O5S. The molecule has 0 saturated heterocycles. The van der Waals surface area contributed by atoms with Gasteiger partial charge < -0.3 is 13.9 Å². The first kappa shape index (κ1) is 28.3. The zero-order valence-electron chi connectivity index (χ0n) is 22.1. The molecule has 0 aliphatic carbocycles. The van der Waals surface area contributed by atoms with E-state index in [0.717, 1.165) is 20.9 Å². The number of nitrogens with zero attached hydrogens (tertiary/aromatic N) is 2. The summed E-state index contributed by atoms with van der Waals surface area (Å²) in [7, 11) is 1.57. The second-order valence-corrected chi connectivity index (χ2v) is 11.8. The quantitative estimate of drug-likeness (QED) is 0.201. The van der Waals surface area contributed by atoms with E-state index in [9.17, 15) is 9.59 Å². The highest BCUT2D eigenvalue weighted by Gasteiger charge is 2.35. The molecule has 2 aromatic heterocycles. The van der Waals surface area contributed by atoms with Crippen LogP contribution in [0.15, 0.2) is 89.0 Å². The topological polar surface area (TPSA) is 83.0 Å². The zero-order chi connectivity index (χ0) is 28.4. The Bertz CT molecular complexity index is 1800. The van der Waals surface area contributed by atoms with Crippen molar-refractivity contribution in [2.45, 2.75) is 32.7 Å². The van der Waals surface area contributed by atoms with Crippen LogP contribution in [0.1, 0.15) is 44.1 Å². The normalized spacial score (nSPS) is 15.1. The van der Waals surface area contributed by atoms with E-state index in [2.05, 4.69) is 31.9 Å². The molecular weight excluding hydrogens is 660 g/mol. The van der Waals surface area contributed by atoms with Crippen LogP contribution in [0.5, 0.6) is 5.75 Å². The molecule has 3 heterocycles. The van der Waals surface area contributed by atoms with Crippen molar-refractivity contribution in [3.8, 4) is 17.1 Å². The lowest BCUT2D eigenvalue weighted by molar-refractivity contribution is -0.139. The average molecular weight is 686 g/mol. The van der Waals surface area contributed by atoms with Gasteiger partial charge in [-0.1, -0.05) is 74.7 Å². The lowest BCUT2D eigenvalue weighted by atomic mass is 9.93. The molecule has 1 aliphatic rings. The van der Waals surface area contributed by atoms with Crippen LogP contribution in [0.25, 0.3) is 17.4 Å². The minimum Gasteiger partial charge on any atom is -0.496 e. The van der Waals surface area contributed by atoms with Crippen molar-refractivity contribution in [2.75, 3.05) is 13.7 Å². The first-order chi connectivity index (χ1) is 19.4. The van der Waals surface area contributed by atoms with Gasteiger partial charge in [0.2, 0.25) is 0 Å². The van der Waals surface area contributed by atoms with Gasteiger partial charge in [-0.15, -0.1) is 0 Å². The molecule has 0 bridgehead atoms. The van der Waals surface area contributed by atoms with Gasteiger partial charge in [-0.3, -0.25) is 9.36 Å². The monoisotopic (exact) mass is 684 g/mol. The van der Waals surface area contributed by atoms with Crippen LogP contribution in [0.2, 0.25) is 0 Å². The smallest absolute Gasteiger partial charge is 0.338 e. The Balaban J connectivity index is 1.70. The van der Waals surface area contributed by atoms with Crippen molar-refractivity contribution in [3.05, 3.63) is 106 Å². The predicted octanol–water partition coefficient (Wildman–Crippen LogP) is 6.37. The Kier molecular flexibility index (Phi) is 8.58. The van der Waals surface area contributed by atoms with Gasteiger partial charge in [0.25, 0.3) is 5.56 Å². The Hall–Kier alpha value is -3.21. The van der Waals surface area contributed by atoms with Crippen molar-refractivity contribution >= 4 is 55.2 Å². The molecule has 4 aromatic rings. The number of carbonyl (C=O) groups is 1. The fraction of sp³-hybridized carbons (Fsp3) is 0.233. The minimum atomic E-state index is -0.750. The first-order valence-electron chi connectivity index (χ1n) is 12.8. The SMILES string of the molecule is CCCC1=C(C(=O)OCC)[C@@H](c2ccccc2OC)n2c(s/c(=C/c3ccc(-c4cc(Br)ccc4Br)o3)c2=O)=N1. The molecule has 0 radical (unpaired) electrons. The summed E-state index contributed by atoms with van der Waals surface area (Å²) < 4.78 is 21.0. The van der Waals surface area contributed by atoms with Crippen LogP contribution in [-0.4, -0.2) is 24.3 Å². The third kappa shape index (κ3) is 5.40. The number of fused-ring (bicyclic) bond motifs is 1. The van der Waals surface area contributed by atoms with Crippen molar-refractivity contribution in [2.24, 2.45) is 4.99 Å². The summed E-state index contributed by atoms with van der Waals surface area (Å²) >= 11 is 8.34. The molecule has 206 valence electrons. The van der Waals surface area contributed by atoms with Crippen LogP contribution in [-0.2, 0) is 9.53 Å². The highest BCUT2D eigenvalue weighted by molar-refractivity contribution is 9.11. The lowest BCUT2D eigenvalue weighted by Crippen LogP contribution is -2.40. The molecule has 1 atom stereocenters. The van der Waals surface area contributed by atoms with Gasteiger partial charge in [0.1, 0.15) is 23.3 Å². The maximum absolute atomic E-state index is 14.0. The molecule has 5 rings (SSSR count). The third-order valence-corrected chi connectivity index (χ3v) is 8.59. The molecule has 0 spiro atoms. The second-order valence-electron chi connectivity index (χ2n) is 8.98. The van der Waals surface area contributed by atoms with Crippen molar-refractivity contribution in [1.82, 2.24) is 4.57 Å². The van der Waals surface area contributed by atoms with Crippen molar-refractivity contribution < 1.29 is 18.7 Å².